The van der Waals surface area contributed by atoms with Crippen LogP contribution in [-0.2, 0) is 0 Å². The number of fused-ring (bicyclic) bond motifs is 1. The van der Waals surface area contributed by atoms with Crippen molar-refractivity contribution in [3.05, 3.63) is 53.6 Å². The highest BCUT2D eigenvalue weighted by atomic mass is 16.5. The van der Waals surface area contributed by atoms with E-state index in [2.05, 4.69) is 24.5 Å². The Hall–Kier alpha value is -2.69. The molecule has 1 aliphatic heterocycles. The largest absolute Gasteiger partial charge is 0.490 e. The number of hydrogen-bond acceptors (Lipinski definition) is 3. The summed E-state index contributed by atoms with van der Waals surface area (Å²) in [5, 5.41) is 5.98. The van der Waals surface area contributed by atoms with Crippen LogP contribution in [0.3, 0.4) is 0 Å². The molecule has 2 N–H and O–H groups in total. The third-order valence-electron chi connectivity index (χ3n) is 4.36. The van der Waals surface area contributed by atoms with Crippen molar-refractivity contribution in [1.29, 1.82) is 0 Å². The molecule has 3 rings (SSSR count). The third kappa shape index (κ3) is 4.48. The number of rotatable bonds is 4. The van der Waals surface area contributed by atoms with Crippen molar-refractivity contribution in [3.63, 3.8) is 0 Å². The first kappa shape index (κ1) is 18.1. The van der Waals surface area contributed by atoms with E-state index in [1.54, 1.807) is 0 Å². The number of amides is 2. The SMILES string of the molecule is Cc1cccc(NC(=O)NC(c2ccc3c(c2)OCCCO3)C(C)C)c1. The number of nitrogens with one attached hydrogen (secondary N) is 2. The van der Waals surface area contributed by atoms with Gasteiger partial charge in [0.15, 0.2) is 11.5 Å². The smallest absolute Gasteiger partial charge is 0.319 e. The maximum atomic E-state index is 12.5. The average molecular weight is 354 g/mol. The molecule has 0 saturated heterocycles. The topological polar surface area (TPSA) is 59.6 Å². The van der Waals surface area contributed by atoms with E-state index in [1.807, 2.05) is 49.4 Å². The zero-order chi connectivity index (χ0) is 18.5. The Morgan fingerprint density at radius 3 is 2.54 bits per heavy atom. The summed E-state index contributed by atoms with van der Waals surface area (Å²) in [5.74, 6) is 1.73. The highest BCUT2D eigenvalue weighted by Gasteiger charge is 2.21. The molecule has 1 aliphatic rings. The predicted octanol–water partition coefficient (Wildman–Crippen LogP) is 4.68. The van der Waals surface area contributed by atoms with E-state index in [0.29, 0.717) is 13.2 Å². The van der Waals surface area contributed by atoms with Crippen LogP contribution in [0.5, 0.6) is 11.5 Å². The predicted molar refractivity (Wildman–Crippen MR) is 103 cm³/mol. The molecule has 138 valence electrons. The Labute approximate surface area is 154 Å². The zero-order valence-electron chi connectivity index (χ0n) is 15.5. The molecule has 1 heterocycles. The minimum absolute atomic E-state index is 0.128. The lowest BCUT2D eigenvalue weighted by atomic mass is 9.96. The number of ether oxygens (including phenoxy) is 2. The second-order valence-electron chi connectivity index (χ2n) is 6.95. The van der Waals surface area contributed by atoms with E-state index in [9.17, 15) is 4.79 Å². The van der Waals surface area contributed by atoms with Crippen LogP contribution in [0.4, 0.5) is 10.5 Å². The Balaban J connectivity index is 1.74. The minimum Gasteiger partial charge on any atom is -0.490 e. The van der Waals surface area contributed by atoms with Crippen molar-refractivity contribution in [3.8, 4) is 11.5 Å². The van der Waals surface area contributed by atoms with Crippen molar-refractivity contribution in [2.45, 2.75) is 33.2 Å². The molecule has 0 spiro atoms. The molecular formula is C21H26N2O3. The number of carbonyl (C=O) groups excluding carboxylic acids is 1. The lowest BCUT2D eigenvalue weighted by Gasteiger charge is -2.24. The summed E-state index contributed by atoms with van der Waals surface area (Å²) >= 11 is 0. The van der Waals surface area contributed by atoms with Gasteiger partial charge in [-0.2, -0.15) is 0 Å². The molecule has 26 heavy (non-hydrogen) atoms. The zero-order valence-corrected chi connectivity index (χ0v) is 15.5. The Morgan fingerprint density at radius 2 is 1.81 bits per heavy atom. The number of carbonyl (C=O) groups is 1. The maximum Gasteiger partial charge on any atom is 0.319 e. The van der Waals surface area contributed by atoms with Gasteiger partial charge in [-0.3, -0.25) is 0 Å². The number of aryl methyl sites for hydroxylation is 1. The van der Waals surface area contributed by atoms with Crippen LogP contribution >= 0.6 is 0 Å². The van der Waals surface area contributed by atoms with Gasteiger partial charge in [0.1, 0.15) is 0 Å². The second-order valence-corrected chi connectivity index (χ2v) is 6.95. The van der Waals surface area contributed by atoms with Crippen molar-refractivity contribution >= 4 is 11.7 Å². The van der Waals surface area contributed by atoms with Gasteiger partial charge in [0, 0.05) is 12.1 Å². The summed E-state index contributed by atoms with van der Waals surface area (Å²) in [6, 6.07) is 13.3. The first-order chi connectivity index (χ1) is 12.5. The van der Waals surface area contributed by atoms with Gasteiger partial charge in [-0.05, 0) is 48.2 Å². The number of benzene rings is 2. The molecular weight excluding hydrogens is 328 g/mol. The normalized spacial score (nSPS) is 14.5. The maximum absolute atomic E-state index is 12.5. The molecule has 0 fully saturated rings. The fourth-order valence-corrected chi connectivity index (χ4v) is 3.04. The molecule has 2 aromatic carbocycles. The van der Waals surface area contributed by atoms with E-state index < -0.39 is 0 Å². The summed E-state index contributed by atoms with van der Waals surface area (Å²) in [6.07, 6.45) is 0.870. The van der Waals surface area contributed by atoms with Gasteiger partial charge in [0.2, 0.25) is 0 Å². The van der Waals surface area contributed by atoms with E-state index in [-0.39, 0.29) is 18.0 Å². The molecule has 0 bridgehead atoms. The quantitative estimate of drug-likeness (QED) is 0.838. The number of urea groups is 1. The highest BCUT2D eigenvalue weighted by molar-refractivity contribution is 5.89. The summed E-state index contributed by atoms with van der Waals surface area (Å²) in [5.41, 5.74) is 2.89. The van der Waals surface area contributed by atoms with Gasteiger partial charge in [-0.25, -0.2) is 4.79 Å². The second kappa shape index (κ2) is 8.13. The summed E-state index contributed by atoms with van der Waals surface area (Å²) in [4.78, 5) is 12.5. The molecule has 2 aromatic rings. The first-order valence-corrected chi connectivity index (χ1v) is 9.06. The van der Waals surface area contributed by atoms with Crippen molar-refractivity contribution in [1.82, 2.24) is 5.32 Å². The fourth-order valence-electron chi connectivity index (χ4n) is 3.04. The Morgan fingerprint density at radius 1 is 1.04 bits per heavy atom. The molecule has 0 radical (unpaired) electrons. The molecule has 0 aromatic heterocycles. The molecule has 0 saturated carbocycles. The van der Waals surface area contributed by atoms with Gasteiger partial charge in [-0.1, -0.05) is 32.0 Å². The number of anilines is 1. The van der Waals surface area contributed by atoms with Crippen LogP contribution < -0.4 is 20.1 Å². The van der Waals surface area contributed by atoms with Crippen LogP contribution in [0.2, 0.25) is 0 Å². The summed E-state index contributed by atoms with van der Waals surface area (Å²) < 4.78 is 11.5. The van der Waals surface area contributed by atoms with Gasteiger partial charge in [0.05, 0.1) is 19.3 Å². The standard InChI is InChI=1S/C21H26N2O3/c1-14(2)20(23-21(24)22-17-7-4-6-15(3)12-17)16-8-9-18-19(13-16)26-11-5-10-25-18/h4,6-9,12-14,20H,5,10-11H2,1-3H3,(H2,22,23,24). The molecule has 5 heteroatoms. The van der Waals surface area contributed by atoms with Gasteiger partial charge >= 0.3 is 6.03 Å². The Kier molecular flexibility index (Phi) is 5.66. The summed E-state index contributed by atoms with van der Waals surface area (Å²) in [6.45, 7) is 7.47. The molecule has 0 aliphatic carbocycles. The molecule has 5 nitrogen and oxygen atoms in total. The lowest BCUT2D eigenvalue weighted by Crippen LogP contribution is -2.35. The van der Waals surface area contributed by atoms with Crippen molar-refractivity contribution in [2.24, 2.45) is 5.92 Å². The number of hydrogen-bond donors (Lipinski definition) is 2. The van der Waals surface area contributed by atoms with Crippen molar-refractivity contribution in [2.75, 3.05) is 18.5 Å². The van der Waals surface area contributed by atoms with Gasteiger partial charge in [0.25, 0.3) is 0 Å². The third-order valence-corrected chi connectivity index (χ3v) is 4.36. The fraction of sp³-hybridized carbons (Fsp3) is 0.381. The van der Waals surface area contributed by atoms with Crippen molar-refractivity contribution < 1.29 is 14.3 Å². The van der Waals surface area contributed by atoms with E-state index in [4.69, 9.17) is 9.47 Å². The Bertz CT molecular complexity index is 774. The monoisotopic (exact) mass is 354 g/mol. The summed E-state index contributed by atoms with van der Waals surface area (Å²) in [7, 11) is 0. The van der Waals surface area contributed by atoms with Crippen LogP contribution in [0.25, 0.3) is 0 Å². The first-order valence-electron chi connectivity index (χ1n) is 9.06. The van der Waals surface area contributed by atoms with Crippen LogP contribution in [0.1, 0.15) is 37.4 Å². The molecule has 1 unspecified atom stereocenters. The van der Waals surface area contributed by atoms with E-state index in [0.717, 1.165) is 34.7 Å². The van der Waals surface area contributed by atoms with Crippen LogP contribution in [0.15, 0.2) is 42.5 Å². The van der Waals surface area contributed by atoms with Gasteiger partial charge in [-0.15, -0.1) is 0 Å². The molecule has 1 atom stereocenters. The highest BCUT2D eigenvalue weighted by Crippen LogP contribution is 2.34. The average Bonchev–Trinajstić information content (AvgIpc) is 2.84. The van der Waals surface area contributed by atoms with Crippen LogP contribution in [-0.4, -0.2) is 19.2 Å². The molecule has 2 amide bonds. The lowest BCUT2D eigenvalue weighted by molar-refractivity contribution is 0.244. The van der Waals surface area contributed by atoms with Crippen LogP contribution in [0, 0.1) is 12.8 Å². The minimum atomic E-state index is -0.221. The van der Waals surface area contributed by atoms with Gasteiger partial charge < -0.3 is 20.1 Å². The van der Waals surface area contributed by atoms with E-state index >= 15 is 0 Å². The van der Waals surface area contributed by atoms with E-state index in [1.165, 1.54) is 0 Å².